The number of ketones is 1. The number of carbonyl (C=O) groups excluding carboxylic acids is 4. The molecule has 2 aliphatic carbocycles. The zero-order valence-corrected chi connectivity index (χ0v) is 15.6. The van der Waals surface area contributed by atoms with Crippen LogP contribution in [0.4, 0.5) is 0 Å². The van der Waals surface area contributed by atoms with Crippen molar-refractivity contribution in [2.75, 3.05) is 6.61 Å². The standard InChI is InChI=1S/C20H20ClNO5/c1-10(20(26)27-9-15(23)11-4-6-14(21)7-5-11)22-18(24)16-12-2-3-13(8-12)17(16)19(22)25/h4-7,10,12-13,16-17H,2-3,8-9H2,1H3/t10-,12-,13-,16-,17+/m0/s1. The van der Waals surface area contributed by atoms with E-state index in [9.17, 15) is 19.2 Å². The van der Waals surface area contributed by atoms with Gasteiger partial charge >= 0.3 is 5.97 Å². The minimum atomic E-state index is -1.02. The number of ether oxygens (including phenoxy) is 1. The summed E-state index contributed by atoms with van der Waals surface area (Å²) in [6, 6.07) is 5.23. The van der Waals surface area contributed by atoms with Crippen LogP contribution in [0.2, 0.25) is 5.02 Å². The minimum Gasteiger partial charge on any atom is -0.456 e. The summed E-state index contributed by atoms with van der Waals surface area (Å²) in [5.74, 6) is -1.67. The summed E-state index contributed by atoms with van der Waals surface area (Å²) in [6.07, 6.45) is 2.90. The fourth-order valence-corrected chi connectivity index (χ4v) is 5.02. The molecule has 0 spiro atoms. The molecule has 1 heterocycles. The van der Waals surface area contributed by atoms with Crippen LogP contribution in [0.15, 0.2) is 24.3 Å². The lowest BCUT2D eigenvalue weighted by molar-refractivity contribution is -0.157. The molecule has 2 amide bonds. The Bertz CT molecular complexity index is 792. The molecule has 0 N–H and O–H groups in total. The van der Waals surface area contributed by atoms with Crippen molar-refractivity contribution in [3.05, 3.63) is 34.9 Å². The van der Waals surface area contributed by atoms with Gasteiger partial charge < -0.3 is 4.74 Å². The lowest BCUT2D eigenvalue weighted by atomic mass is 9.81. The molecule has 0 radical (unpaired) electrons. The maximum atomic E-state index is 12.7. The number of carbonyl (C=O) groups is 4. The van der Waals surface area contributed by atoms with Gasteiger partial charge in [0.05, 0.1) is 11.8 Å². The van der Waals surface area contributed by atoms with Crippen LogP contribution < -0.4 is 0 Å². The van der Waals surface area contributed by atoms with E-state index < -0.39 is 18.6 Å². The molecule has 0 aromatic heterocycles. The van der Waals surface area contributed by atoms with Gasteiger partial charge in [-0.2, -0.15) is 0 Å². The highest BCUT2D eigenvalue weighted by Crippen LogP contribution is 2.56. The normalized spacial score (nSPS) is 29.8. The van der Waals surface area contributed by atoms with Gasteiger partial charge in [0, 0.05) is 10.6 Å². The number of imide groups is 1. The highest BCUT2D eigenvalue weighted by molar-refractivity contribution is 6.30. The van der Waals surface area contributed by atoms with E-state index in [-0.39, 0.29) is 41.3 Å². The number of fused-ring (bicyclic) bond motifs is 5. The monoisotopic (exact) mass is 389 g/mol. The van der Waals surface area contributed by atoms with Crippen LogP contribution in [0.5, 0.6) is 0 Å². The van der Waals surface area contributed by atoms with Gasteiger partial charge in [0.15, 0.2) is 12.4 Å². The highest BCUT2D eigenvalue weighted by Gasteiger charge is 2.62. The van der Waals surface area contributed by atoms with Gasteiger partial charge in [0.25, 0.3) is 0 Å². The van der Waals surface area contributed by atoms with Crippen molar-refractivity contribution >= 4 is 35.2 Å². The van der Waals surface area contributed by atoms with Gasteiger partial charge in [-0.1, -0.05) is 11.6 Å². The van der Waals surface area contributed by atoms with Gasteiger partial charge in [-0.15, -0.1) is 0 Å². The number of amides is 2. The van der Waals surface area contributed by atoms with Crippen LogP contribution in [0.25, 0.3) is 0 Å². The van der Waals surface area contributed by atoms with Gasteiger partial charge in [-0.3, -0.25) is 19.3 Å². The summed E-state index contributed by atoms with van der Waals surface area (Å²) in [7, 11) is 0. The maximum absolute atomic E-state index is 12.7. The van der Waals surface area contributed by atoms with E-state index in [0.717, 1.165) is 24.2 Å². The number of rotatable bonds is 5. The van der Waals surface area contributed by atoms with Crippen molar-refractivity contribution in [1.29, 1.82) is 0 Å². The summed E-state index contributed by atoms with van der Waals surface area (Å²) in [5, 5.41) is 0.503. The average molecular weight is 390 g/mol. The number of hydrogen-bond donors (Lipinski definition) is 0. The van der Waals surface area contributed by atoms with E-state index in [0.29, 0.717) is 10.6 Å². The lowest BCUT2D eigenvalue weighted by Gasteiger charge is -2.22. The molecule has 1 aromatic carbocycles. The molecule has 7 heteroatoms. The van der Waals surface area contributed by atoms with Crippen molar-refractivity contribution in [2.45, 2.75) is 32.2 Å². The molecular formula is C20H20ClNO5. The molecule has 4 rings (SSSR count). The van der Waals surface area contributed by atoms with E-state index >= 15 is 0 Å². The Labute approximate surface area is 161 Å². The van der Waals surface area contributed by atoms with Crippen LogP contribution >= 0.6 is 11.6 Å². The summed E-state index contributed by atoms with van der Waals surface area (Å²) in [4.78, 5) is 51.0. The average Bonchev–Trinajstić information content (AvgIpc) is 3.33. The molecule has 3 aliphatic rings. The third-order valence-electron chi connectivity index (χ3n) is 6.20. The Kier molecular flexibility index (Phi) is 4.54. The van der Waals surface area contributed by atoms with E-state index in [1.165, 1.54) is 6.92 Å². The number of Topliss-reactive ketones (excluding diaryl/α,β-unsaturated/α-hetero) is 1. The van der Waals surface area contributed by atoms with E-state index in [2.05, 4.69) is 0 Å². The molecule has 5 atom stereocenters. The summed E-state index contributed by atoms with van der Waals surface area (Å²) < 4.78 is 5.08. The predicted molar refractivity (Wildman–Crippen MR) is 95.9 cm³/mol. The van der Waals surface area contributed by atoms with Gasteiger partial charge in [0.2, 0.25) is 11.8 Å². The smallest absolute Gasteiger partial charge is 0.329 e. The predicted octanol–water partition coefficient (Wildman–Crippen LogP) is 2.49. The summed E-state index contributed by atoms with van der Waals surface area (Å²) in [6.45, 7) is 1.03. The highest BCUT2D eigenvalue weighted by atomic mass is 35.5. The maximum Gasteiger partial charge on any atom is 0.329 e. The third kappa shape index (κ3) is 2.96. The first-order chi connectivity index (χ1) is 12.9. The Balaban J connectivity index is 1.39. The number of halogens is 1. The topological polar surface area (TPSA) is 80.8 Å². The number of likely N-dealkylation sites (tertiary alicyclic amines) is 1. The second-order valence-corrected chi connectivity index (χ2v) is 8.08. The molecule has 6 nitrogen and oxygen atoms in total. The summed E-state index contributed by atoms with van der Waals surface area (Å²) in [5.41, 5.74) is 0.374. The largest absolute Gasteiger partial charge is 0.456 e. The van der Waals surface area contributed by atoms with Crippen molar-refractivity contribution in [3.63, 3.8) is 0 Å². The second-order valence-electron chi connectivity index (χ2n) is 7.65. The van der Waals surface area contributed by atoms with Crippen LogP contribution in [-0.4, -0.2) is 41.1 Å². The van der Waals surface area contributed by atoms with Crippen LogP contribution in [0.1, 0.15) is 36.5 Å². The molecule has 2 saturated carbocycles. The van der Waals surface area contributed by atoms with Crippen molar-refractivity contribution in [3.8, 4) is 0 Å². The lowest BCUT2D eigenvalue weighted by Crippen LogP contribution is -2.45. The fourth-order valence-electron chi connectivity index (χ4n) is 4.90. The van der Waals surface area contributed by atoms with Crippen molar-refractivity contribution in [2.24, 2.45) is 23.7 Å². The van der Waals surface area contributed by atoms with Crippen LogP contribution in [0, 0.1) is 23.7 Å². The molecule has 0 unspecified atom stereocenters. The molecule has 1 aromatic rings. The van der Waals surface area contributed by atoms with E-state index in [1.807, 2.05) is 0 Å². The number of nitrogens with zero attached hydrogens (tertiary/aromatic N) is 1. The Hall–Kier alpha value is -2.21. The molecule has 2 bridgehead atoms. The van der Waals surface area contributed by atoms with E-state index in [1.54, 1.807) is 24.3 Å². The van der Waals surface area contributed by atoms with Crippen LogP contribution in [0.3, 0.4) is 0 Å². The summed E-state index contributed by atoms with van der Waals surface area (Å²) >= 11 is 5.78. The Morgan fingerprint density at radius 3 is 2.22 bits per heavy atom. The van der Waals surface area contributed by atoms with Gasteiger partial charge in [-0.25, -0.2) is 4.79 Å². The third-order valence-corrected chi connectivity index (χ3v) is 6.45. The molecule has 1 aliphatic heterocycles. The molecular weight excluding hydrogens is 370 g/mol. The number of benzene rings is 1. The fraction of sp³-hybridized carbons (Fsp3) is 0.500. The Morgan fingerprint density at radius 1 is 1.11 bits per heavy atom. The second kappa shape index (κ2) is 6.75. The zero-order chi connectivity index (χ0) is 19.3. The van der Waals surface area contributed by atoms with Crippen molar-refractivity contribution < 1.29 is 23.9 Å². The van der Waals surface area contributed by atoms with Gasteiger partial charge in [-0.05, 0) is 62.3 Å². The zero-order valence-electron chi connectivity index (χ0n) is 14.9. The number of esters is 1. The molecule has 3 fully saturated rings. The molecule has 1 saturated heterocycles. The molecule has 27 heavy (non-hydrogen) atoms. The van der Waals surface area contributed by atoms with E-state index in [4.69, 9.17) is 16.3 Å². The van der Waals surface area contributed by atoms with Crippen molar-refractivity contribution in [1.82, 2.24) is 4.90 Å². The van der Waals surface area contributed by atoms with Gasteiger partial charge in [0.1, 0.15) is 6.04 Å². The minimum absolute atomic E-state index is 0.259. The number of hydrogen-bond acceptors (Lipinski definition) is 5. The quantitative estimate of drug-likeness (QED) is 0.439. The first kappa shape index (κ1) is 18.2. The van der Waals surface area contributed by atoms with Crippen LogP contribution in [-0.2, 0) is 19.1 Å². The first-order valence-electron chi connectivity index (χ1n) is 9.20. The molecule has 142 valence electrons. The Morgan fingerprint density at radius 2 is 1.67 bits per heavy atom. The first-order valence-corrected chi connectivity index (χ1v) is 9.58. The SMILES string of the molecule is C[C@@H](C(=O)OCC(=O)c1ccc(Cl)cc1)N1C(=O)[C@@H]2[C@H]3CC[C@@H](C3)[C@@H]2C1=O.